The van der Waals surface area contributed by atoms with Crippen LogP contribution in [0.1, 0.15) is 117 Å². The van der Waals surface area contributed by atoms with E-state index >= 15 is 28.8 Å². The molecule has 718 valence electrons. The van der Waals surface area contributed by atoms with Crippen molar-refractivity contribution in [3.63, 3.8) is 0 Å². The number of phenolic OH excluding ortho intramolecular Hbond substituents is 3. The van der Waals surface area contributed by atoms with Gasteiger partial charge in [-0.1, -0.05) is 89.4 Å². The Morgan fingerprint density at radius 2 is 1.41 bits per heavy atom. The number of likely N-dealkylation sites (N-methyl/N-ethyl adjacent to an activating group) is 1. The van der Waals surface area contributed by atoms with Crippen molar-refractivity contribution in [1.82, 2.24) is 57.7 Å². The third-order valence-electron chi connectivity index (χ3n) is 23.7. The number of carboxylic acid groups (broad SMARTS) is 1. The number of rotatable bonds is 23. The Bertz CT molecular complexity index is 5900. The fraction of sp³-hybridized carbons (Fsp3) is 0.402. The van der Waals surface area contributed by atoms with Gasteiger partial charge in [0.2, 0.25) is 59.3 Å². The maximum absolute atomic E-state index is 16.4. The molecule has 0 aliphatic carbocycles. The number of amides is 10. The lowest BCUT2D eigenvalue weighted by Crippen LogP contribution is -2.71. The molecule has 9 aliphatic heterocycles. The number of benzene rings is 5. The maximum atomic E-state index is 16.4. The summed E-state index contributed by atoms with van der Waals surface area (Å²) >= 11 is 22.8. The minimum absolute atomic E-state index is 0.108. The molecule has 20 atom stereocenters. The second kappa shape index (κ2) is 41.1. The zero-order chi connectivity index (χ0) is 97.4. The third-order valence-corrected chi connectivity index (χ3v) is 26.7. The Balaban J connectivity index is 0.851. The third kappa shape index (κ3) is 21.1. The number of aromatic nitrogens is 2. The number of aliphatic carboxylic acids is 1. The first kappa shape index (κ1) is 98.7. The van der Waals surface area contributed by atoms with Gasteiger partial charge in [0.05, 0.1) is 71.1 Å². The number of hydrogen-bond acceptors (Lipinski definition) is 34. The number of oxime groups is 1. The minimum Gasteiger partial charge on any atom is -0.543 e. The number of nitrogens with zero attached hydrogens (tertiary/aromatic N) is 4. The summed E-state index contributed by atoms with van der Waals surface area (Å²) in [6, 6.07) is 3.15. The number of hydrogen-bond donors (Lipinski definition) is 21. The van der Waals surface area contributed by atoms with Crippen LogP contribution in [0.25, 0.3) is 11.1 Å². The summed E-state index contributed by atoms with van der Waals surface area (Å²) in [5, 5.41) is 145. The average molecular weight is 1970 g/mol. The average Bonchev–Trinajstić information content (AvgIpc) is 0.793. The van der Waals surface area contributed by atoms with Crippen molar-refractivity contribution in [3.05, 3.63) is 169 Å². The highest BCUT2D eigenvalue weighted by Gasteiger charge is 2.57. The first-order valence-electron chi connectivity index (χ1n) is 42.2. The Morgan fingerprint density at radius 1 is 0.763 bits per heavy atom. The van der Waals surface area contributed by atoms with Crippen molar-refractivity contribution < 1.29 is 137 Å². The zero-order valence-electron chi connectivity index (χ0n) is 72.1. The Labute approximate surface area is 790 Å². The van der Waals surface area contributed by atoms with E-state index in [1.54, 1.807) is 35.2 Å². The number of nitrogens with two attached hydrogens (primary N) is 3. The number of nitrogen functional groups attached to an aromatic ring is 1. The molecule has 43 nitrogen and oxygen atoms in total. The predicted octanol–water partition coefficient (Wildman–Crippen LogP) is -0.694. The lowest BCUT2D eigenvalue weighted by Gasteiger charge is -2.50. The second-order valence-electron chi connectivity index (χ2n) is 33.7. The van der Waals surface area contributed by atoms with Crippen molar-refractivity contribution in [1.29, 1.82) is 0 Å². The van der Waals surface area contributed by atoms with Gasteiger partial charge in [0.15, 0.2) is 41.3 Å². The van der Waals surface area contributed by atoms with Gasteiger partial charge in [0.1, 0.15) is 117 Å². The smallest absolute Gasteiger partial charge is 0.276 e. The normalized spacial score (nSPS) is 27.2. The second-order valence-corrected chi connectivity index (χ2v) is 37.3. The number of nitrogens with one attached hydrogen (secondary N) is 9. The first-order chi connectivity index (χ1) is 64.1. The molecule has 0 radical (unpaired) electrons. The van der Waals surface area contributed by atoms with E-state index in [-0.39, 0.29) is 80.2 Å². The number of anilines is 1. The van der Waals surface area contributed by atoms with E-state index in [1.807, 2.05) is 13.8 Å². The summed E-state index contributed by atoms with van der Waals surface area (Å²) in [5.74, 6) is -20.6. The Hall–Kier alpha value is -12.3. The Morgan fingerprint density at radius 3 is 2.04 bits per heavy atom. The van der Waals surface area contributed by atoms with E-state index in [0.717, 1.165) is 83.0 Å². The lowest BCUT2D eigenvalue weighted by molar-refractivity contribution is -0.689. The molecule has 2 aromatic heterocycles. The summed E-state index contributed by atoms with van der Waals surface area (Å²) in [7, 11) is 1.46. The molecule has 3 saturated heterocycles. The van der Waals surface area contributed by atoms with Crippen LogP contribution < -0.4 is 88.9 Å². The van der Waals surface area contributed by atoms with Crippen molar-refractivity contribution in [2.45, 2.75) is 174 Å². The number of aliphatic hydroxyl groups excluding tert-OH is 6. The number of halogens is 3. The van der Waals surface area contributed by atoms with Crippen LogP contribution in [0.15, 0.2) is 126 Å². The van der Waals surface area contributed by atoms with Gasteiger partial charge >= 0.3 is 0 Å². The van der Waals surface area contributed by atoms with Crippen LogP contribution in [0.2, 0.25) is 14.4 Å². The molecule has 0 saturated carbocycles. The molecule has 24 N–H and O–H groups in total. The summed E-state index contributed by atoms with van der Waals surface area (Å²) in [4.78, 5) is 173. The number of pyridine rings is 1. The summed E-state index contributed by atoms with van der Waals surface area (Å²) < 4.78 is 34.5. The highest BCUT2D eigenvalue weighted by molar-refractivity contribution is 8.00. The number of primary amides is 1. The summed E-state index contributed by atoms with van der Waals surface area (Å²) in [6.45, 7) is 4.86. The summed E-state index contributed by atoms with van der Waals surface area (Å²) in [6.07, 6.45) is -13.5. The molecule has 48 heteroatoms. The number of phenols is 3. The fourth-order valence-corrected chi connectivity index (χ4v) is 19.6. The largest absolute Gasteiger partial charge is 0.543 e. The molecule has 135 heavy (non-hydrogen) atoms. The van der Waals surface area contributed by atoms with Gasteiger partial charge in [0, 0.05) is 59.2 Å². The highest BCUT2D eigenvalue weighted by atomic mass is 35.5. The van der Waals surface area contributed by atoms with Gasteiger partial charge in [-0.3, -0.25) is 52.8 Å². The van der Waals surface area contributed by atoms with Crippen molar-refractivity contribution >= 4 is 134 Å². The highest BCUT2D eigenvalue weighted by Crippen LogP contribution is 2.52. The first-order valence-corrected chi connectivity index (χ1v) is 45.2. The van der Waals surface area contributed by atoms with Crippen LogP contribution in [0.5, 0.6) is 46.0 Å². The van der Waals surface area contributed by atoms with E-state index < -0.39 is 290 Å². The number of β-lactam (4-membered cyclic amide) rings is 1. The van der Waals surface area contributed by atoms with E-state index in [4.69, 9.17) is 80.5 Å². The number of carboxylic acids is 1. The molecule has 7 aromatic rings. The Kier molecular flexibility index (Phi) is 30.0. The van der Waals surface area contributed by atoms with Crippen molar-refractivity contribution in [2.24, 2.45) is 28.5 Å². The van der Waals surface area contributed by atoms with Crippen LogP contribution in [0.3, 0.4) is 0 Å². The molecule has 0 spiro atoms. The van der Waals surface area contributed by atoms with Crippen LogP contribution in [0, 0.1) is 11.8 Å². The van der Waals surface area contributed by atoms with Crippen molar-refractivity contribution in [3.8, 4) is 57.1 Å². The van der Waals surface area contributed by atoms with Crippen LogP contribution in [0.4, 0.5) is 5.13 Å². The van der Waals surface area contributed by atoms with E-state index in [9.17, 15) is 75.0 Å². The topological polar surface area (TPSA) is 667 Å². The molecule has 5 aromatic carbocycles. The molecule has 9 aliphatic rings. The molecular formula is C87H95Cl3N16O27S2. The number of thioether (sulfide) groups is 1. The maximum Gasteiger partial charge on any atom is 0.276 e. The number of fused-ring (bicyclic) bond motifs is 16. The van der Waals surface area contributed by atoms with Crippen LogP contribution in [-0.4, -0.2) is 243 Å². The van der Waals surface area contributed by atoms with Gasteiger partial charge in [-0.15, -0.1) is 11.8 Å². The van der Waals surface area contributed by atoms with Gasteiger partial charge in [-0.2, -0.15) is 0 Å². The monoisotopic (exact) mass is 1960 g/mol. The molecule has 11 bridgehead atoms. The quantitative estimate of drug-likeness (QED) is 0.0124. The molecule has 10 amide bonds. The van der Waals surface area contributed by atoms with E-state index in [1.165, 1.54) is 44.8 Å². The minimum atomic E-state index is -2.40. The fourth-order valence-electron chi connectivity index (χ4n) is 16.9. The van der Waals surface area contributed by atoms with Gasteiger partial charge in [0.25, 0.3) is 11.8 Å². The lowest BCUT2D eigenvalue weighted by atomic mass is 9.76. The molecule has 16 rings (SSSR count). The molecular weight excluding hydrogens is 1870 g/mol. The van der Waals surface area contributed by atoms with Crippen LogP contribution in [-0.2, 0) is 73.6 Å². The standard InChI is InChI=1S/C87H95Cl3N16O27S2/c1-33(2)20-45(94-5)74(117)100-63-67(112)36-11-14-49(43(88)22-36)130-51-24-38-25-52(71(51)133-85-57(70(115)69(114)54(31-107)132-85)53-29-87(4,93)72(116)34(3)129-53)131-50-15-12-37(23-44(50)89)68(113)64-81(124)99-60(42-26-40(108)27-48(110)56(42)41-21-35(10-13-47(41)109)58(77(120)101-64)98-78(121)59(38)97-75(118)46(28-55(91)111)96-80(63)123)76(119)95-16-9-19-128-104-62(61-73(90)135-86(92)103-61)79(122)102-65-82(125)106-66(84(126)127)39(32-134-83(65)106)30-105-17-7-6-8-18-105/h6-8,10-15,17-18,21-27,33-34,45-46,53-54,57-60,63-65,67-70,72,83,85,94,107,112-116H,9,16,19-20,28-32,93H2,1-5H3,(H15-,91,92,95,96,97,98,99,100,101,102,103,104,108,109,110,111,117,118,119,120,121,122,123,124,126,127)/t34-,45+,46?,53+,54+,57?,58+,59+,60-,63?,64-,65+,67+,68+,69+,70+,72+,83+,85-,87-/m0/s1. The zero-order valence-corrected chi connectivity index (χ0v) is 76.0. The number of aliphatic hydroxyl groups is 6. The SMILES string of the molecule is CN[C@H](CC(C)C)C(=O)NC1C(=O)NC(CC(N)=O)C(=O)N[C@H]2C(=O)N[C@H]3C(=O)N[C@H](C(=O)N[C@H](C(=O)NCCCO/N=C(\C(=O)N[C@@H]4C(=O)N5C(C(=O)[O-])=C(C[n+]6ccccc6)CS[C@H]45)c4nc(N)sc4Cl)c4cc(O)cc(O)c4-c4cc3ccc4O)[C@H](O)c3ccc(c(Cl)c3)Oc3cc2cc(c3O[C@@H]2O[C@H](CO)[C@@H](O)[C@H](O)C2[C@H]2C[C@](C)(N)[C@H](O)[C@H](C)O2)Oc2ccc(cc2Cl)[C@H]1O. The van der Waals surface area contributed by atoms with E-state index in [0.29, 0.717) is 5.57 Å². The number of aromatic hydroxyl groups is 3. The predicted molar refractivity (Wildman–Crippen MR) is 476 cm³/mol. The summed E-state index contributed by atoms with van der Waals surface area (Å²) in [5.41, 5.74) is 13.2. The molecule has 3 unspecified atom stereocenters. The molecule has 11 heterocycles. The van der Waals surface area contributed by atoms with Gasteiger partial charge < -0.3 is 149 Å². The molecule has 3 fully saturated rings. The number of carbonyl (C=O) groups is 11. The van der Waals surface area contributed by atoms with Crippen LogP contribution >= 0.6 is 57.9 Å². The van der Waals surface area contributed by atoms with Gasteiger partial charge in [-0.25, -0.2) is 9.55 Å². The van der Waals surface area contributed by atoms with E-state index in [2.05, 4.69) is 58.0 Å². The van der Waals surface area contributed by atoms with Crippen molar-refractivity contribution in [2.75, 3.05) is 38.3 Å². The van der Waals surface area contributed by atoms with Gasteiger partial charge in [-0.05, 0) is 122 Å². The number of ether oxygens (including phenoxy) is 5. The number of carbonyl (C=O) groups excluding carboxylic acids is 11. The number of thiazole rings is 1.